The second kappa shape index (κ2) is 6.41. The summed E-state index contributed by atoms with van der Waals surface area (Å²) in [6.45, 7) is 2.18. The molecular formula is C18H26N6O2S. The first kappa shape index (κ1) is 17.4. The fraction of sp³-hybridized carbons (Fsp3) is 0.722. The van der Waals surface area contributed by atoms with Crippen molar-refractivity contribution in [1.29, 1.82) is 0 Å². The van der Waals surface area contributed by atoms with Crippen molar-refractivity contribution in [1.82, 2.24) is 24.8 Å². The van der Waals surface area contributed by atoms with Crippen LogP contribution in [0, 0.1) is 5.92 Å². The number of hydrogen-bond acceptors (Lipinski definition) is 6. The third-order valence-corrected chi connectivity index (χ3v) is 8.66. The fourth-order valence-electron chi connectivity index (χ4n) is 4.92. The van der Waals surface area contributed by atoms with Crippen LogP contribution in [0.4, 0.5) is 0 Å². The number of fused-ring (bicyclic) bond motifs is 3. The first-order valence-corrected chi connectivity index (χ1v) is 11.5. The average Bonchev–Trinajstić information content (AvgIpc) is 3.28. The van der Waals surface area contributed by atoms with Gasteiger partial charge in [0.05, 0.1) is 17.5 Å². The largest absolute Gasteiger partial charge is 0.368 e. The van der Waals surface area contributed by atoms with Crippen LogP contribution in [0.2, 0.25) is 0 Å². The van der Waals surface area contributed by atoms with E-state index in [0.717, 1.165) is 50.2 Å². The highest BCUT2D eigenvalue weighted by Gasteiger charge is 2.42. The predicted octanol–water partition coefficient (Wildman–Crippen LogP) is 1.44. The van der Waals surface area contributed by atoms with E-state index >= 15 is 0 Å². The van der Waals surface area contributed by atoms with Crippen LogP contribution in [0.3, 0.4) is 0 Å². The molecule has 5 atom stereocenters. The highest BCUT2D eigenvalue weighted by molar-refractivity contribution is 7.90. The van der Waals surface area contributed by atoms with Crippen molar-refractivity contribution < 1.29 is 8.42 Å². The van der Waals surface area contributed by atoms with Gasteiger partial charge in [-0.05, 0) is 43.9 Å². The lowest BCUT2D eigenvalue weighted by molar-refractivity contribution is 0.402. The molecule has 2 unspecified atom stereocenters. The molecule has 2 saturated carbocycles. The number of nitrogens with zero attached hydrogens (tertiary/aromatic N) is 4. The smallest absolute Gasteiger partial charge is 0.214 e. The van der Waals surface area contributed by atoms with Crippen molar-refractivity contribution >= 4 is 16.2 Å². The Labute approximate surface area is 159 Å². The van der Waals surface area contributed by atoms with Gasteiger partial charge in [-0.2, -0.15) is 0 Å². The van der Waals surface area contributed by atoms with E-state index in [9.17, 15) is 8.42 Å². The molecule has 8 nitrogen and oxygen atoms in total. The molecule has 0 aromatic carbocycles. The number of nitrogens with one attached hydrogen (secondary N) is 2. The molecule has 2 fully saturated rings. The number of aliphatic imine (C=N–C) groups is 1. The Kier molecular flexibility index (Phi) is 4.12. The van der Waals surface area contributed by atoms with E-state index in [0.29, 0.717) is 5.92 Å². The zero-order valence-electron chi connectivity index (χ0n) is 15.5. The molecule has 1 aromatic rings. The molecule has 0 amide bonds. The van der Waals surface area contributed by atoms with E-state index < -0.39 is 10.0 Å². The molecular weight excluding hydrogens is 364 g/mol. The van der Waals surface area contributed by atoms with Gasteiger partial charge in [-0.1, -0.05) is 19.8 Å². The Bertz CT molecular complexity index is 888. The second-order valence-electron chi connectivity index (χ2n) is 8.18. The summed E-state index contributed by atoms with van der Waals surface area (Å²) < 4.78 is 30.3. The Balaban J connectivity index is 1.40. The lowest BCUT2D eigenvalue weighted by atomic mass is 9.92. The molecule has 0 spiro atoms. The molecule has 146 valence electrons. The normalized spacial score (nSPS) is 34.9. The summed E-state index contributed by atoms with van der Waals surface area (Å²) in [6.07, 6.45) is 11.1. The van der Waals surface area contributed by atoms with Crippen molar-refractivity contribution in [2.45, 2.75) is 74.9 Å². The zero-order valence-corrected chi connectivity index (χ0v) is 16.3. The summed E-state index contributed by atoms with van der Waals surface area (Å²) in [5, 5.41) is 11.9. The van der Waals surface area contributed by atoms with Gasteiger partial charge in [0.2, 0.25) is 10.0 Å². The quantitative estimate of drug-likeness (QED) is 0.792. The lowest BCUT2D eigenvalue weighted by Gasteiger charge is -2.27. The Hall–Kier alpha value is -1.74. The van der Waals surface area contributed by atoms with Crippen molar-refractivity contribution in [2.24, 2.45) is 10.9 Å². The van der Waals surface area contributed by atoms with Crippen molar-refractivity contribution in [2.75, 3.05) is 0 Å². The summed E-state index contributed by atoms with van der Waals surface area (Å²) in [5.74, 6) is 2.37. The van der Waals surface area contributed by atoms with Crippen LogP contribution >= 0.6 is 0 Å². The van der Waals surface area contributed by atoms with E-state index in [2.05, 4.69) is 42.8 Å². The maximum atomic E-state index is 12.6. The molecule has 9 heteroatoms. The van der Waals surface area contributed by atoms with Gasteiger partial charge in [0.1, 0.15) is 12.0 Å². The van der Waals surface area contributed by atoms with E-state index in [-0.39, 0.29) is 29.4 Å². The molecule has 0 bridgehead atoms. The first-order chi connectivity index (χ1) is 13.1. The summed E-state index contributed by atoms with van der Waals surface area (Å²) in [6, 6.07) is 0.0852. The molecule has 27 heavy (non-hydrogen) atoms. The zero-order chi connectivity index (χ0) is 18.6. The lowest BCUT2D eigenvalue weighted by Crippen LogP contribution is -2.42. The van der Waals surface area contributed by atoms with Crippen molar-refractivity contribution in [3.8, 4) is 0 Å². The summed E-state index contributed by atoms with van der Waals surface area (Å²) in [5.41, 5.74) is 0. The van der Waals surface area contributed by atoms with Gasteiger partial charge in [-0.25, -0.2) is 13.1 Å². The first-order valence-electron chi connectivity index (χ1n) is 9.98. The monoisotopic (exact) mass is 390 g/mol. The summed E-state index contributed by atoms with van der Waals surface area (Å²) >= 11 is 0. The van der Waals surface area contributed by atoms with E-state index in [1.807, 2.05) is 6.20 Å². The second-order valence-corrected chi connectivity index (χ2v) is 10.2. The maximum absolute atomic E-state index is 12.6. The number of aromatic nitrogens is 3. The fourth-order valence-corrected chi connectivity index (χ4v) is 6.73. The van der Waals surface area contributed by atoms with Crippen molar-refractivity contribution in [3.63, 3.8) is 0 Å². The highest BCUT2D eigenvalue weighted by Crippen LogP contribution is 2.43. The van der Waals surface area contributed by atoms with Gasteiger partial charge in [-0.3, -0.25) is 9.56 Å². The van der Waals surface area contributed by atoms with Gasteiger partial charge in [-0.15, -0.1) is 10.2 Å². The SMILES string of the molecule is CC[C@@H]1C[C@H](NS(=O)(=O)C2CCC2)C[C@H]1c1nnc2n1C1C=CNC1N=C2. The molecule has 0 saturated heterocycles. The molecule has 5 rings (SSSR count). The Morgan fingerprint density at radius 2 is 2.15 bits per heavy atom. The number of rotatable bonds is 5. The van der Waals surface area contributed by atoms with E-state index in [1.54, 1.807) is 6.21 Å². The Morgan fingerprint density at radius 3 is 2.89 bits per heavy atom. The minimum absolute atomic E-state index is 0.00152. The molecule has 4 aliphatic rings. The average molecular weight is 391 g/mol. The van der Waals surface area contributed by atoms with E-state index in [1.165, 1.54) is 0 Å². The third-order valence-electron chi connectivity index (χ3n) is 6.65. The van der Waals surface area contributed by atoms with Gasteiger partial charge in [0.15, 0.2) is 5.82 Å². The van der Waals surface area contributed by atoms with Gasteiger partial charge < -0.3 is 5.32 Å². The van der Waals surface area contributed by atoms with Crippen LogP contribution in [0.1, 0.15) is 69.1 Å². The summed E-state index contributed by atoms with van der Waals surface area (Å²) in [4.78, 5) is 4.50. The van der Waals surface area contributed by atoms with Crippen LogP contribution in [0.15, 0.2) is 17.3 Å². The van der Waals surface area contributed by atoms with Gasteiger partial charge >= 0.3 is 0 Å². The molecule has 1 aromatic heterocycles. The Morgan fingerprint density at radius 1 is 1.30 bits per heavy atom. The third kappa shape index (κ3) is 2.82. The van der Waals surface area contributed by atoms with Crippen LogP contribution < -0.4 is 10.0 Å². The van der Waals surface area contributed by atoms with Gasteiger partial charge in [0, 0.05) is 12.0 Å². The maximum Gasteiger partial charge on any atom is 0.214 e. The minimum Gasteiger partial charge on any atom is -0.368 e. The van der Waals surface area contributed by atoms with Crippen molar-refractivity contribution in [3.05, 3.63) is 23.9 Å². The molecule has 3 heterocycles. The topological polar surface area (TPSA) is 101 Å². The number of sulfonamides is 1. The van der Waals surface area contributed by atoms with Crippen LogP contribution in [0.5, 0.6) is 0 Å². The van der Waals surface area contributed by atoms with E-state index in [4.69, 9.17) is 0 Å². The molecule has 2 aliphatic heterocycles. The van der Waals surface area contributed by atoms with Crippen LogP contribution in [-0.2, 0) is 10.0 Å². The minimum atomic E-state index is -3.20. The van der Waals surface area contributed by atoms with Gasteiger partial charge in [0.25, 0.3) is 0 Å². The standard InChI is InChI=1S/C18H26N6O2S/c1-2-11-8-12(23-27(25,26)13-4-3-5-13)9-14(11)18-22-21-16-10-20-17-15(24(16)18)6-7-19-17/h6-7,10-15,17,19,23H,2-5,8-9H2,1H3/t11-,12+,14-,15?,17?/m1/s1. The van der Waals surface area contributed by atoms with Crippen LogP contribution in [0.25, 0.3) is 0 Å². The molecule has 2 N–H and O–H groups in total. The number of hydrogen-bond donors (Lipinski definition) is 2. The molecule has 0 radical (unpaired) electrons. The molecule has 2 aliphatic carbocycles. The van der Waals surface area contributed by atoms with Crippen LogP contribution in [-0.4, -0.2) is 46.9 Å². The highest BCUT2D eigenvalue weighted by atomic mass is 32.2. The predicted molar refractivity (Wildman–Crippen MR) is 102 cm³/mol. The summed E-state index contributed by atoms with van der Waals surface area (Å²) in [7, 11) is -3.20.